The zero-order valence-electron chi connectivity index (χ0n) is 12.8. The molecule has 21 heavy (non-hydrogen) atoms. The first kappa shape index (κ1) is 16.0. The molecule has 1 heterocycles. The van der Waals surface area contributed by atoms with Crippen LogP contribution in [-0.4, -0.2) is 42.9 Å². The number of piperidine rings is 1. The number of aliphatic hydroxyl groups excluding tert-OH is 1. The molecule has 0 amide bonds. The van der Waals surface area contributed by atoms with Gasteiger partial charge in [-0.25, -0.2) is 0 Å². The van der Waals surface area contributed by atoms with E-state index >= 15 is 0 Å². The average Bonchev–Trinajstić information content (AvgIpc) is 2.50. The van der Waals surface area contributed by atoms with Crippen molar-refractivity contribution in [2.45, 2.75) is 32.0 Å². The molecule has 1 N–H and O–H groups in total. The van der Waals surface area contributed by atoms with Crippen molar-refractivity contribution < 1.29 is 9.84 Å². The summed E-state index contributed by atoms with van der Waals surface area (Å²) in [5.41, 5.74) is 1.13. The Morgan fingerprint density at radius 3 is 2.71 bits per heavy atom. The second-order valence-electron chi connectivity index (χ2n) is 5.76. The minimum absolute atomic E-state index is 0.344. The Labute approximate surface area is 127 Å². The van der Waals surface area contributed by atoms with Crippen LogP contribution >= 0.6 is 0 Å². The molecule has 1 unspecified atom stereocenters. The summed E-state index contributed by atoms with van der Waals surface area (Å²) in [7, 11) is 2.15. The summed E-state index contributed by atoms with van der Waals surface area (Å²) in [6, 6.07) is 10.00. The Bertz CT molecular complexity index is 455. The largest absolute Gasteiger partial charge is 0.390 e. The van der Waals surface area contributed by atoms with Gasteiger partial charge >= 0.3 is 0 Å². The molecule has 114 valence electrons. The molecule has 1 atom stereocenters. The van der Waals surface area contributed by atoms with Crippen molar-refractivity contribution in [3.8, 4) is 11.8 Å². The third-order valence-electron chi connectivity index (χ3n) is 3.78. The van der Waals surface area contributed by atoms with Crippen LogP contribution in [0.1, 0.15) is 24.8 Å². The molecule has 3 nitrogen and oxygen atoms in total. The highest BCUT2D eigenvalue weighted by Crippen LogP contribution is 2.14. The number of hydrogen-bond donors (Lipinski definition) is 1. The average molecular weight is 287 g/mol. The van der Waals surface area contributed by atoms with Crippen LogP contribution < -0.4 is 0 Å². The lowest BCUT2D eigenvalue weighted by Gasteiger charge is -2.25. The van der Waals surface area contributed by atoms with Crippen LogP contribution in [0.4, 0.5) is 0 Å². The van der Waals surface area contributed by atoms with Gasteiger partial charge in [0, 0.05) is 12.3 Å². The molecule has 1 aromatic carbocycles. The van der Waals surface area contributed by atoms with E-state index in [1.807, 2.05) is 30.3 Å². The normalized spacial score (nSPS) is 18.0. The molecule has 0 saturated carbocycles. The Morgan fingerprint density at radius 1 is 1.29 bits per heavy atom. The summed E-state index contributed by atoms with van der Waals surface area (Å²) in [5.74, 6) is 6.91. The third-order valence-corrected chi connectivity index (χ3v) is 3.78. The Morgan fingerprint density at radius 2 is 2.00 bits per heavy atom. The molecule has 0 spiro atoms. The maximum absolute atomic E-state index is 9.86. The van der Waals surface area contributed by atoms with Gasteiger partial charge in [-0.15, -0.1) is 5.92 Å². The number of hydrogen-bond acceptors (Lipinski definition) is 3. The van der Waals surface area contributed by atoms with Gasteiger partial charge in [-0.05, 0) is 38.5 Å². The lowest BCUT2D eigenvalue weighted by atomic mass is 9.98. The first-order valence-electron chi connectivity index (χ1n) is 7.70. The zero-order valence-corrected chi connectivity index (χ0v) is 12.8. The number of aliphatic hydroxyl groups is 1. The molecular weight excluding hydrogens is 262 g/mol. The molecule has 1 aliphatic rings. The summed E-state index contributed by atoms with van der Waals surface area (Å²) >= 11 is 0. The topological polar surface area (TPSA) is 32.7 Å². The highest BCUT2D eigenvalue weighted by atomic mass is 16.5. The van der Waals surface area contributed by atoms with Crippen molar-refractivity contribution in [3.63, 3.8) is 0 Å². The summed E-state index contributed by atoms with van der Waals surface area (Å²) in [6.07, 6.45) is 2.29. The predicted molar refractivity (Wildman–Crippen MR) is 84.7 cm³/mol. The predicted octanol–water partition coefficient (Wildman–Crippen LogP) is 2.30. The standard InChI is InChI=1S/C18H25NO2/c1-19-12-10-16(11-13-19)8-5-9-18(20)15-21-14-17-6-3-2-4-7-17/h2-4,6-7,16,18,20H,9-15H2,1H3. The van der Waals surface area contributed by atoms with Crippen molar-refractivity contribution in [1.29, 1.82) is 0 Å². The Kier molecular flexibility index (Phi) is 6.75. The fourth-order valence-corrected chi connectivity index (χ4v) is 2.42. The van der Waals surface area contributed by atoms with Gasteiger partial charge < -0.3 is 14.7 Å². The molecule has 0 bridgehead atoms. The fourth-order valence-electron chi connectivity index (χ4n) is 2.42. The lowest BCUT2D eigenvalue weighted by Crippen LogP contribution is -2.29. The van der Waals surface area contributed by atoms with Crippen LogP contribution in [0.5, 0.6) is 0 Å². The Hall–Kier alpha value is -1.34. The fraction of sp³-hybridized carbons (Fsp3) is 0.556. The summed E-state index contributed by atoms with van der Waals surface area (Å²) in [6.45, 7) is 3.14. The second kappa shape index (κ2) is 8.84. The minimum atomic E-state index is -0.493. The van der Waals surface area contributed by atoms with Crippen LogP contribution in [0.2, 0.25) is 0 Å². The van der Waals surface area contributed by atoms with E-state index in [1.165, 1.54) is 0 Å². The minimum Gasteiger partial charge on any atom is -0.390 e. The van der Waals surface area contributed by atoms with E-state index in [1.54, 1.807) is 0 Å². The van der Waals surface area contributed by atoms with E-state index in [4.69, 9.17) is 4.74 Å². The zero-order chi connectivity index (χ0) is 14.9. The number of ether oxygens (including phenoxy) is 1. The van der Waals surface area contributed by atoms with Gasteiger partial charge in [0.25, 0.3) is 0 Å². The third kappa shape index (κ3) is 6.31. The lowest BCUT2D eigenvalue weighted by molar-refractivity contribution is 0.0311. The summed E-state index contributed by atoms with van der Waals surface area (Å²) < 4.78 is 5.51. The highest BCUT2D eigenvalue weighted by Gasteiger charge is 2.13. The monoisotopic (exact) mass is 287 g/mol. The maximum atomic E-state index is 9.86. The van der Waals surface area contributed by atoms with Crippen LogP contribution in [0.15, 0.2) is 30.3 Å². The van der Waals surface area contributed by atoms with Gasteiger partial charge in [0.15, 0.2) is 0 Å². The van der Waals surface area contributed by atoms with Gasteiger partial charge in [0.05, 0.1) is 19.3 Å². The van der Waals surface area contributed by atoms with Crippen LogP contribution in [0, 0.1) is 17.8 Å². The van der Waals surface area contributed by atoms with Crippen LogP contribution in [0.3, 0.4) is 0 Å². The van der Waals surface area contributed by atoms with Crippen molar-refractivity contribution in [3.05, 3.63) is 35.9 Å². The molecule has 1 fully saturated rings. The van der Waals surface area contributed by atoms with Crippen molar-refractivity contribution in [1.82, 2.24) is 4.90 Å². The molecule has 1 aromatic rings. The first-order valence-corrected chi connectivity index (χ1v) is 7.70. The van der Waals surface area contributed by atoms with E-state index in [9.17, 15) is 5.11 Å². The van der Waals surface area contributed by atoms with E-state index in [0.29, 0.717) is 25.6 Å². The Balaban J connectivity index is 1.60. The van der Waals surface area contributed by atoms with Gasteiger partial charge in [0.1, 0.15) is 0 Å². The highest BCUT2D eigenvalue weighted by molar-refractivity contribution is 5.13. The molecule has 1 aliphatic heterocycles. The van der Waals surface area contributed by atoms with Gasteiger partial charge in [0.2, 0.25) is 0 Å². The maximum Gasteiger partial charge on any atom is 0.0882 e. The first-order chi connectivity index (χ1) is 10.2. The number of rotatable bonds is 5. The summed E-state index contributed by atoms with van der Waals surface area (Å²) in [5, 5.41) is 9.86. The van der Waals surface area contributed by atoms with Crippen molar-refractivity contribution in [2.75, 3.05) is 26.7 Å². The number of benzene rings is 1. The molecule has 0 radical (unpaired) electrons. The molecule has 3 heteroatoms. The number of likely N-dealkylation sites (tertiary alicyclic amines) is 1. The SMILES string of the molecule is CN1CCC(C#CCC(O)COCc2ccccc2)CC1. The van der Waals surface area contributed by atoms with E-state index in [0.717, 1.165) is 31.5 Å². The van der Waals surface area contributed by atoms with Gasteiger partial charge in [-0.1, -0.05) is 36.3 Å². The van der Waals surface area contributed by atoms with Gasteiger partial charge in [-0.3, -0.25) is 0 Å². The smallest absolute Gasteiger partial charge is 0.0882 e. The van der Waals surface area contributed by atoms with E-state index in [2.05, 4.69) is 23.8 Å². The molecule has 2 rings (SSSR count). The number of nitrogens with zero attached hydrogens (tertiary/aromatic N) is 1. The van der Waals surface area contributed by atoms with Crippen molar-refractivity contribution >= 4 is 0 Å². The molecule has 1 saturated heterocycles. The van der Waals surface area contributed by atoms with E-state index < -0.39 is 6.10 Å². The van der Waals surface area contributed by atoms with Crippen molar-refractivity contribution in [2.24, 2.45) is 5.92 Å². The molecule has 0 aliphatic carbocycles. The molecule has 0 aromatic heterocycles. The quantitative estimate of drug-likeness (QED) is 0.844. The summed E-state index contributed by atoms with van der Waals surface area (Å²) in [4.78, 5) is 2.34. The second-order valence-corrected chi connectivity index (χ2v) is 5.76. The van der Waals surface area contributed by atoms with Crippen LogP contribution in [0.25, 0.3) is 0 Å². The van der Waals surface area contributed by atoms with Crippen LogP contribution in [-0.2, 0) is 11.3 Å². The van der Waals surface area contributed by atoms with E-state index in [-0.39, 0.29) is 0 Å². The molecular formula is C18H25NO2. The van der Waals surface area contributed by atoms with Gasteiger partial charge in [-0.2, -0.15) is 0 Å².